The maximum absolute atomic E-state index is 12.1. The van der Waals surface area contributed by atoms with Crippen LogP contribution in [0.1, 0.15) is 36.0 Å². The highest BCUT2D eigenvalue weighted by Crippen LogP contribution is 2.34. The number of amides is 1. The van der Waals surface area contributed by atoms with E-state index in [1.54, 1.807) is 0 Å². The van der Waals surface area contributed by atoms with Crippen molar-refractivity contribution in [3.8, 4) is 0 Å². The second-order valence-corrected chi connectivity index (χ2v) is 5.56. The highest BCUT2D eigenvalue weighted by Gasteiger charge is 2.38. The number of piperidine rings is 1. The number of fused-ring (bicyclic) bond motifs is 2. The van der Waals surface area contributed by atoms with E-state index in [1.807, 2.05) is 30.3 Å². The van der Waals surface area contributed by atoms with Gasteiger partial charge in [-0.1, -0.05) is 18.2 Å². The Bertz CT molecular complexity index is 417. The van der Waals surface area contributed by atoms with Crippen LogP contribution in [0.5, 0.6) is 0 Å². The van der Waals surface area contributed by atoms with Gasteiger partial charge in [-0.15, -0.1) is 0 Å². The molecule has 1 N–H and O–H groups in total. The van der Waals surface area contributed by atoms with Crippen LogP contribution in [0.2, 0.25) is 0 Å². The summed E-state index contributed by atoms with van der Waals surface area (Å²) in [4.78, 5) is 14.6. The van der Waals surface area contributed by atoms with E-state index < -0.39 is 0 Å². The lowest BCUT2D eigenvalue weighted by atomic mass is 9.97. The van der Waals surface area contributed by atoms with Crippen molar-refractivity contribution in [1.82, 2.24) is 10.2 Å². The third kappa shape index (κ3) is 2.15. The Morgan fingerprint density at radius 3 is 2.39 bits per heavy atom. The zero-order valence-electron chi connectivity index (χ0n) is 10.8. The molecule has 0 spiro atoms. The van der Waals surface area contributed by atoms with E-state index in [4.69, 9.17) is 0 Å². The largest absolute Gasteiger partial charge is 0.349 e. The fraction of sp³-hybridized carbons (Fsp3) is 0.533. The average Bonchev–Trinajstić information content (AvgIpc) is 2.63. The summed E-state index contributed by atoms with van der Waals surface area (Å²) in [5.41, 5.74) is 0.767. The Morgan fingerprint density at radius 2 is 1.78 bits per heavy atom. The van der Waals surface area contributed by atoms with Gasteiger partial charge >= 0.3 is 0 Å². The van der Waals surface area contributed by atoms with Gasteiger partial charge in [-0.3, -0.25) is 4.79 Å². The van der Waals surface area contributed by atoms with E-state index in [0.29, 0.717) is 18.1 Å². The minimum atomic E-state index is 0.0737. The van der Waals surface area contributed by atoms with Gasteiger partial charge in [0.1, 0.15) is 0 Å². The highest BCUT2D eigenvalue weighted by atomic mass is 16.1. The van der Waals surface area contributed by atoms with Gasteiger partial charge in [0, 0.05) is 23.7 Å². The number of hydrogen-bond acceptors (Lipinski definition) is 2. The van der Waals surface area contributed by atoms with E-state index in [0.717, 1.165) is 18.4 Å². The smallest absolute Gasteiger partial charge is 0.251 e. The third-order valence-electron chi connectivity index (χ3n) is 4.47. The summed E-state index contributed by atoms with van der Waals surface area (Å²) >= 11 is 0. The molecule has 3 nitrogen and oxygen atoms in total. The first-order valence-electron chi connectivity index (χ1n) is 6.82. The molecule has 2 saturated heterocycles. The Balaban J connectivity index is 1.63. The van der Waals surface area contributed by atoms with Crippen LogP contribution in [0.4, 0.5) is 0 Å². The van der Waals surface area contributed by atoms with Crippen molar-refractivity contribution >= 4 is 5.91 Å². The van der Waals surface area contributed by atoms with E-state index in [9.17, 15) is 4.79 Å². The number of rotatable bonds is 2. The number of nitrogens with zero attached hydrogens (tertiary/aromatic N) is 1. The van der Waals surface area contributed by atoms with Gasteiger partial charge in [-0.25, -0.2) is 0 Å². The fourth-order valence-electron chi connectivity index (χ4n) is 3.39. The fourth-order valence-corrected chi connectivity index (χ4v) is 3.39. The molecule has 18 heavy (non-hydrogen) atoms. The molecule has 1 aromatic rings. The minimum absolute atomic E-state index is 0.0737. The van der Waals surface area contributed by atoms with Crippen LogP contribution in [0, 0.1) is 0 Å². The molecule has 1 aromatic carbocycles. The van der Waals surface area contributed by atoms with Crippen molar-refractivity contribution in [2.24, 2.45) is 0 Å². The maximum Gasteiger partial charge on any atom is 0.251 e. The van der Waals surface area contributed by atoms with Crippen LogP contribution in [0.25, 0.3) is 0 Å². The molecule has 1 amide bonds. The third-order valence-corrected chi connectivity index (χ3v) is 4.47. The first-order chi connectivity index (χ1) is 8.74. The van der Waals surface area contributed by atoms with Gasteiger partial charge in [-0.2, -0.15) is 0 Å². The Kier molecular flexibility index (Phi) is 3.08. The normalized spacial score (nSPS) is 31.3. The summed E-state index contributed by atoms with van der Waals surface area (Å²) in [5, 5.41) is 3.19. The van der Waals surface area contributed by atoms with Crippen molar-refractivity contribution in [2.75, 3.05) is 7.05 Å². The minimum Gasteiger partial charge on any atom is -0.349 e. The van der Waals surface area contributed by atoms with Crippen molar-refractivity contribution in [3.05, 3.63) is 35.9 Å². The molecule has 0 aliphatic carbocycles. The van der Waals surface area contributed by atoms with Crippen molar-refractivity contribution in [2.45, 2.75) is 43.8 Å². The standard InChI is InChI=1S/C15H20N2O/c1-17-13-7-8-14(17)10-12(9-13)16-15(18)11-5-3-2-4-6-11/h2-6,12-14H,7-10H2,1H3,(H,16,18)/t13-,14-/m0/s1. The Labute approximate surface area is 108 Å². The summed E-state index contributed by atoms with van der Waals surface area (Å²) in [5.74, 6) is 0.0737. The van der Waals surface area contributed by atoms with Crippen LogP contribution in [-0.4, -0.2) is 36.0 Å². The number of benzene rings is 1. The Hall–Kier alpha value is -1.35. The van der Waals surface area contributed by atoms with E-state index in [1.165, 1.54) is 12.8 Å². The zero-order valence-corrected chi connectivity index (χ0v) is 10.8. The number of carbonyl (C=O) groups excluding carboxylic acids is 1. The number of hydrogen-bond donors (Lipinski definition) is 1. The summed E-state index contributed by atoms with van der Waals surface area (Å²) in [6.07, 6.45) is 4.79. The molecule has 2 fully saturated rings. The lowest BCUT2D eigenvalue weighted by Crippen LogP contribution is -2.48. The van der Waals surface area contributed by atoms with Gasteiger partial charge in [0.05, 0.1) is 0 Å². The van der Waals surface area contributed by atoms with Gasteiger partial charge < -0.3 is 10.2 Å². The first kappa shape index (κ1) is 11.7. The van der Waals surface area contributed by atoms with Crippen LogP contribution in [0.15, 0.2) is 30.3 Å². The predicted octanol–water partition coefficient (Wildman–Crippen LogP) is 2.04. The summed E-state index contributed by atoms with van der Waals surface area (Å²) in [6, 6.07) is 11.2. The number of nitrogens with one attached hydrogen (secondary N) is 1. The molecule has 2 atom stereocenters. The second-order valence-electron chi connectivity index (χ2n) is 5.56. The van der Waals surface area contributed by atoms with Crippen molar-refractivity contribution in [3.63, 3.8) is 0 Å². The summed E-state index contributed by atoms with van der Waals surface area (Å²) < 4.78 is 0. The molecule has 0 aromatic heterocycles. The van der Waals surface area contributed by atoms with E-state index in [-0.39, 0.29) is 5.91 Å². The Morgan fingerprint density at radius 1 is 1.17 bits per heavy atom. The first-order valence-corrected chi connectivity index (χ1v) is 6.82. The van der Waals surface area contributed by atoms with E-state index >= 15 is 0 Å². The maximum atomic E-state index is 12.1. The lowest BCUT2D eigenvalue weighted by Gasteiger charge is -2.36. The zero-order chi connectivity index (χ0) is 12.5. The quantitative estimate of drug-likeness (QED) is 0.863. The lowest BCUT2D eigenvalue weighted by molar-refractivity contribution is 0.0882. The molecule has 0 radical (unpaired) electrons. The molecule has 0 saturated carbocycles. The van der Waals surface area contributed by atoms with Crippen LogP contribution < -0.4 is 5.32 Å². The van der Waals surface area contributed by atoms with Crippen molar-refractivity contribution < 1.29 is 4.79 Å². The average molecular weight is 244 g/mol. The summed E-state index contributed by atoms with van der Waals surface area (Å²) in [7, 11) is 2.22. The molecular weight excluding hydrogens is 224 g/mol. The molecule has 96 valence electrons. The van der Waals surface area contributed by atoms with Gasteiger partial charge in [0.2, 0.25) is 0 Å². The molecular formula is C15H20N2O. The SMILES string of the molecule is CN1[C@H]2CC[C@H]1CC(NC(=O)c1ccccc1)C2. The molecule has 2 bridgehead atoms. The molecule has 2 aliphatic heterocycles. The van der Waals surface area contributed by atoms with Crippen LogP contribution >= 0.6 is 0 Å². The molecule has 2 heterocycles. The molecule has 2 aliphatic rings. The van der Waals surface area contributed by atoms with Crippen LogP contribution in [-0.2, 0) is 0 Å². The number of carbonyl (C=O) groups is 1. The van der Waals surface area contributed by atoms with Crippen molar-refractivity contribution in [1.29, 1.82) is 0 Å². The van der Waals surface area contributed by atoms with Gasteiger partial charge in [-0.05, 0) is 44.9 Å². The highest BCUT2D eigenvalue weighted by molar-refractivity contribution is 5.94. The van der Waals surface area contributed by atoms with E-state index in [2.05, 4.69) is 17.3 Å². The van der Waals surface area contributed by atoms with Gasteiger partial charge in [0.15, 0.2) is 0 Å². The topological polar surface area (TPSA) is 32.3 Å². The van der Waals surface area contributed by atoms with Crippen LogP contribution in [0.3, 0.4) is 0 Å². The molecule has 0 unspecified atom stereocenters. The molecule has 3 heteroatoms. The predicted molar refractivity (Wildman–Crippen MR) is 71.5 cm³/mol. The summed E-state index contributed by atoms with van der Waals surface area (Å²) in [6.45, 7) is 0. The monoisotopic (exact) mass is 244 g/mol. The van der Waals surface area contributed by atoms with Gasteiger partial charge in [0.25, 0.3) is 5.91 Å². The second kappa shape index (κ2) is 4.73. The molecule has 3 rings (SSSR count).